The average Bonchev–Trinajstić information content (AvgIpc) is 2.61. The fraction of sp³-hybridized carbons (Fsp3) is 1.00. The van der Waals surface area contributed by atoms with Gasteiger partial charge in [0.25, 0.3) is 0 Å². The molecule has 2 atom stereocenters. The lowest BCUT2D eigenvalue weighted by molar-refractivity contribution is -0.150. The summed E-state index contributed by atoms with van der Waals surface area (Å²) in [5.74, 6) is 0. The summed E-state index contributed by atoms with van der Waals surface area (Å²) in [6, 6.07) is 0.277. The summed E-state index contributed by atoms with van der Waals surface area (Å²) >= 11 is 0. The Labute approximate surface area is 95.2 Å². The van der Waals surface area contributed by atoms with E-state index in [1.165, 1.54) is 0 Å². The van der Waals surface area contributed by atoms with Crippen LogP contribution in [0.25, 0.3) is 0 Å². The zero-order valence-corrected chi connectivity index (χ0v) is 9.98. The SMILES string of the molecule is CCNC1CCCC1N(CC)CC(F)(F)F. The highest BCUT2D eigenvalue weighted by Crippen LogP contribution is 2.27. The largest absolute Gasteiger partial charge is 0.401 e. The van der Waals surface area contributed by atoms with E-state index in [-0.39, 0.29) is 12.1 Å². The van der Waals surface area contributed by atoms with Gasteiger partial charge in [0.1, 0.15) is 0 Å². The van der Waals surface area contributed by atoms with Crippen molar-refractivity contribution in [3.8, 4) is 0 Å². The summed E-state index contributed by atoms with van der Waals surface area (Å²) in [4.78, 5) is 1.56. The summed E-state index contributed by atoms with van der Waals surface area (Å²) in [7, 11) is 0. The molecule has 1 aliphatic carbocycles. The van der Waals surface area contributed by atoms with E-state index in [4.69, 9.17) is 0 Å². The normalized spacial score (nSPS) is 26.6. The third kappa shape index (κ3) is 3.94. The van der Waals surface area contributed by atoms with Gasteiger partial charge in [0.15, 0.2) is 0 Å². The van der Waals surface area contributed by atoms with Crippen molar-refractivity contribution in [3.63, 3.8) is 0 Å². The molecule has 5 heteroatoms. The highest BCUT2D eigenvalue weighted by atomic mass is 19.4. The van der Waals surface area contributed by atoms with Crippen LogP contribution in [-0.2, 0) is 0 Å². The maximum atomic E-state index is 12.4. The number of hydrogen-bond acceptors (Lipinski definition) is 2. The standard InChI is InChI=1S/C11H21F3N2/c1-3-15-9-6-5-7-10(9)16(4-2)8-11(12,13)14/h9-10,15H,3-8H2,1-2H3. The van der Waals surface area contributed by atoms with Gasteiger partial charge in [-0.25, -0.2) is 0 Å². The van der Waals surface area contributed by atoms with E-state index >= 15 is 0 Å². The van der Waals surface area contributed by atoms with E-state index in [2.05, 4.69) is 5.32 Å². The van der Waals surface area contributed by atoms with Gasteiger partial charge in [0.2, 0.25) is 0 Å². The van der Waals surface area contributed by atoms with Gasteiger partial charge in [-0.15, -0.1) is 0 Å². The Morgan fingerprint density at radius 1 is 1.25 bits per heavy atom. The van der Waals surface area contributed by atoms with Crippen molar-refractivity contribution in [1.82, 2.24) is 10.2 Å². The average molecular weight is 238 g/mol. The van der Waals surface area contributed by atoms with Crippen LogP contribution in [0.15, 0.2) is 0 Å². The van der Waals surface area contributed by atoms with Crippen LogP contribution in [0, 0.1) is 0 Å². The number of hydrogen-bond donors (Lipinski definition) is 1. The van der Waals surface area contributed by atoms with E-state index in [0.29, 0.717) is 6.54 Å². The number of rotatable bonds is 5. The van der Waals surface area contributed by atoms with Crippen LogP contribution >= 0.6 is 0 Å². The van der Waals surface area contributed by atoms with Gasteiger partial charge in [-0.2, -0.15) is 13.2 Å². The van der Waals surface area contributed by atoms with Crippen molar-refractivity contribution in [2.75, 3.05) is 19.6 Å². The molecule has 1 aliphatic rings. The minimum atomic E-state index is -4.09. The summed E-state index contributed by atoms with van der Waals surface area (Å²) < 4.78 is 37.2. The zero-order chi connectivity index (χ0) is 12.2. The molecule has 2 nitrogen and oxygen atoms in total. The van der Waals surface area contributed by atoms with Gasteiger partial charge in [-0.1, -0.05) is 20.3 Å². The molecule has 2 unspecified atom stereocenters. The van der Waals surface area contributed by atoms with E-state index in [1.54, 1.807) is 11.8 Å². The molecule has 0 bridgehead atoms. The van der Waals surface area contributed by atoms with Crippen LogP contribution < -0.4 is 5.32 Å². The fourth-order valence-electron chi connectivity index (χ4n) is 2.57. The predicted octanol–water partition coefficient (Wildman–Crippen LogP) is 2.40. The molecule has 1 rings (SSSR count). The fourth-order valence-corrected chi connectivity index (χ4v) is 2.57. The van der Waals surface area contributed by atoms with Gasteiger partial charge in [0.05, 0.1) is 6.54 Å². The first-order valence-electron chi connectivity index (χ1n) is 6.02. The molecule has 0 aliphatic heterocycles. The zero-order valence-electron chi connectivity index (χ0n) is 9.98. The number of likely N-dealkylation sites (N-methyl/N-ethyl adjacent to an activating group) is 2. The first kappa shape index (κ1) is 13.8. The Balaban J connectivity index is 2.57. The quantitative estimate of drug-likeness (QED) is 0.791. The molecule has 0 aromatic rings. The second-order valence-corrected chi connectivity index (χ2v) is 4.34. The Morgan fingerprint density at radius 3 is 2.44 bits per heavy atom. The Hall–Kier alpha value is -0.290. The molecule has 0 heterocycles. The molecule has 0 radical (unpaired) electrons. The smallest absolute Gasteiger partial charge is 0.313 e. The molecule has 1 N–H and O–H groups in total. The third-order valence-corrected chi connectivity index (χ3v) is 3.20. The molecular weight excluding hydrogens is 217 g/mol. The second-order valence-electron chi connectivity index (χ2n) is 4.34. The number of halogens is 3. The first-order chi connectivity index (χ1) is 7.48. The van der Waals surface area contributed by atoms with Crippen molar-refractivity contribution in [3.05, 3.63) is 0 Å². The van der Waals surface area contributed by atoms with Gasteiger partial charge < -0.3 is 5.32 Å². The van der Waals surface area contributed by atoms with Gasteiger partial charge in [0, 0.05) is 12.1 Å². The van der Waals surface area contributed by atoms with Crippen LogP contribution in [0.5, 0.6) is 0 Å². The molecule has 0 amide bonds. The molecule has 0 aromatic heterocycles. The number of nitrogens with zero attached hydrogens (tertiary/aromatic N) is 1. The Morgan fingerprint density at radius 2 is 1.94 bits per heavy atom. The lowest BCUT2D eigenvalue weighted by atomic mass is 10.1. The monoisotopic (exact) mass is 238 g/mol. The first-order valence-corrected chi connectivity index (χ1v) is 6.02. The molecule has 0 saturated heterocycles. The third-order valence-electron chi connectivity index (χ3n) is 3.20. The summed E-state index contributed by atoms with van der Waals surface area (Å²) in [6.07, 6.45) is -1.19. The highest BCUT2D eigenvalue weighted by molar-refractivity contribution is 4.90. The van der Waals surface area contributed by atoms with E-state index in [1.807, 2.05) is 6.92 Å². The van der Waals surface area contributed by atoms with Gasteiger partial charge in [-0.05, 0) is 25.9 Å². The van der Waals surface area contributed by atoms with Crippen molar-refractivity contribution in [2.45, 2.75) is 51.4 Å². The lowest BCUT2D eigenvalue weighted by Crippen LogP contribution is -2.49. The minimum Gasteiger partial charge on any atom is -0.313 e. The predicted molar refractivity (Wildman–Crippen MR) is 58.4 cm³/mol. The second kappa shape index (κ2) is 5.87. The lowest BCUT2D eigenvalue weighted by Gasteiger charge is -2.33. The van der Waals surface area contributed by atoms with Crippen LogP contribution in [-0.4, -0.2) is 42.8 Å². The van der Waals surface area contributed by atoms with Crippen molar-refractivity contribution in [2.24, 2.45) is 0 Å². The number of nitrogens with one attached hydrogen (secondary N) is 1. The van der Waals surface area contributed by atoms with E-state index < -0.39 is 12.7 Å². The summed E-state index contributed by atoms with van der Waals surface area (Å²) in [6.45, 7) is 4.30. The Kier molecular flexibility index (Phi) is 5.05. The van der Waals surface area contributed by atoms with E-state index in [0.717, 1.165) is 25.8 Å². The minimum absolute atomic E-state index is 0.0478. The molecule has 1 saturated carbocycles. The Bertz CT molecular complexity index is 206. The van der Waals surface area contributed by atoms with Crippen LogP contribution in [0.2, 0.25) is 0 Å². The highest BCUT2D eigenvalue weighted by Gasteiger charge is 2.37. The van der Waals surface area contributed by atoms with Crippen molar-refractivity contribution >= 4 is 0 Å². The van der Waals surface area contributed by atoms with Crippen molar-refractivity contribution in [1.29, 1.82) is 0 Å². The number of alkyl halides is 3. The molecule has 0 spiro atoms. The van der Waals surface area contributed by atoms with Gasteiger partial charge >= 0.3 is 6.18 Å². The molecular formula is C11H21F3N2. The summed E-state index contributed by atoms with van der Waals surface area (Å²) in [5, 5.41) is 3.29. The van der Waals surface area contributed by atoms with Crippen LogP contribution in [0.4, 0.5) is 13.2 Å². The maximum absolute atomic E-state index is 12.4. The van der Waals surface area contributed by atoms with Gasteiger partial charge in [-0.3, -0.25) is 4.90 Å². The summed E-state index contributed by atoms with van der Waals surface area (Å²) in [5.41, 5.74) is 0. The maximum Gasteiger partial charge on any atom is 0.401 e. The molecule has 1 fully saturated rings. The molecule has 0 aromatic carbocycles. The van der Waals surface area contributed by atoms with Crippen molar-refractivity contribution < 1.29 is 13.2 Å². The van der Waals surface area contributed by atoms with Crippen LogP contribution in [0.3, 0.4) is 0 Å². The molecule has 16 heavy (non-hydrogen) atoms. The molecule has 96 valence electrons. The topological polar surface area (TPSA) is 15.3 Å². The van der Waals surface area contributed by atoms with E-state index in [9.17, 15) is 13.2 Å². The van der Waals surface area contributed by atoms with Crippen LogP contribution in [0.1, 0.15) is 33.1 Å².